The lowest BCUT2D eigenvalue weighted by atomic mass is 10.1. The first kappa shape index (κ1) is 24.9. The molecule has 0 aromatic rings. The van der Waals surface area contributed by atoms with Gasteiger partial charge in [-0.1, -0.05) is 97.2 Å². The lowest BCUT2D eigenvalue weighted by Crippen LogP contribution is -2.35. The number of rotatable bonds is 17. The van der Waals surface area contributed by atoms with Crippen molar-refractivity contribution in [2.75, 3.05) is 65.7 Å². The van der Waals surface area contributed by atoms with Crippen molar-refractivity contribution in [2.24, 2.45) is 23.7 Å². The molecule has 0 radical (unpaired) electrons. The van der Waals surface area contributed by atoms with E-state index in [2.05, 4.69) is 107 Å². The molecule has 182 valence electrons. The summed E-state index contributed by atoms with van der Waals surface area (Å²) in [5, 5.41) is 0. The van der Waals surface area contributed by atoms with Gasteiger partial charge < -0.3 is 9.47 Å². The first-order chi connectivity index (χ1) is 16.8. The van der Waals surface area contributed by atoms with Gasteiger partial charge in [0.25, 0.3) is 0 Å². The van der Waals surface area contributed by atoms with E-state index in [0.29, 0.717) is 36.9 Å². The van der Waals surface area contributed by atoms with E-state index in [1.54, 1.807) is 0 Å². The summed E-state index contributed by atoms with van der Waals surface area (Å²) in [6, 6.07) is 0. The van der Waals surface area contributed by atoms with Crippen molar-refractivity contribution in [3.05, 3.63) is 97.2 Å². The second-order valence-electron chi connectivity index (χ2n) is 9.48. The average molecular weight is 461 g/mol. The third-order valence-corrected chi connectivity index (χ3v) is 6.66. The molecule has 4 heteroatoms. The Morgan fingerprint density at radius 3 is 0.912 bits per heavy atom. The lowest BCUT2D eigenvalue weighted by Gasteiger charge is -2.26. The molecule has 0 saturated carbocycles. The molecule has 0 aromatic heterocycles. The summed E-state index contributed by atoms with van der Waals surface area (Å²) in [5.41, 5.74) is 0. The predicted molar refractivity (Wildman–Crippen MR) is 142 cm³/mol. The van der Waals surface area contributed by atoms with Gasteiger partial charge in [-0.3, -0.25) is 9.80 Å². The lowest BCUT2D eigenvalue weighted by molar-refractivity contribution is 0.0295. The molecular formula is C30H40N2O2. The minimum Gasteiger partial charge on any atom is -0.378 e. The molecule has 0 bridgehead atoms. The first-order valence-corrected chi connectivity index (χ1v) is 12.9. The molecule has 4 aliphatic rings. The van der Waals surface area contributed by atoms with Crippen molar-refractivity contribution < 1.29 is 9.47 Å². The standard InChI is InChI=1S/C30H40N2O2/c1-2-10-27(9-1)23-31(24-28-11-3-4-12-28)17-19-33-21-22-34-20-18-32(25-29-13-5-6-14-29)26-30-15-7-8-16-30/h1-16,27-30H,17-26H2. The summed E-state index contributed by atoms with van der Waals surface area (Å²) in [6.07, 6.45) is 35.4. The highest BCUT2D eigenvalue weighted by atomic mass is 16.5. The Morgan fingerprint density at radius 1 is 0.382 bits per heavy atom. The maximum Gasteiger partial charge on any atom is 0.0701 e. The van der Waals surface area contributed by atoms with E-state index < -0.39 is 0 Å². The Hall–Kier alpha value is -2.24. The fourth-order valence-corrected chi connectivity index (χ4v) is 4.81. The van der Waals surface area contributed by atoms with Crippen LogP contribution in [-0.4, -0.2) is 75.5 Å². The fourth-order valence-electron chi connectivity index (χ4n) is 4.81. The molecule has 34 heavy (non-hydrogen) atoms. The minimum absolute atomic E-state index is 0.520. The van der Waals surface area contributed by atoms with Crippen molar-refractivity contribution in [3.63, 3.8) is 0 Å². The molecule has 4 nitrogen and oxygen atoms in total. The molecule has 0 aromatic carbocycles. The molecule has 0 N–H and O–H groups in total. The maximum absolute atomic E-state index is 5.93. The Bertz CT molecular complexity index is 670. The highest BCUT2D eigenvalue weighted by Crippen LogP contribution is 2.16. The SMILES string of the molecule is C1=CC(CN(CCOCCOCCN(CC2C=CC=C2)CC2C=CC=C2)CC2C=CC=C2)C=C1. The Kier molecular flexibility index (Phi) is 10.4. The normalized spacial score (nSPS) is 19.7. The zero-order valence-corrected chi connectivity index (χ0v) is 20.3. The molecule has 0 amide bonds. The molecule has 4 rings (SSSR count). The van der Waals surface area contributed by atoms with Crippen LogP contribution in [-0.2, 0) is 9.47 Å². The van der Waals surface area contributed by atoms with Gasteiger partial charge in [0.1, 0.15) is 0 Å². The van der Waals surface area contributed by atoms with Crippen LogP contribution >= 0.6 is 0 Å². The molecular weight excluding hydrogens is 420 g/mol. The molecule has 0 atom stereocenters. The summed E-state index contributed by atoms with van der Waals surface area (Å²) in [7, 11) is 0. The van der Waals surface area contributed by atoms with Crippen LogP contribution in [0.4, 0.5) is 0 Å². The first-order valence-electron chi connectivity index (χ1n) is 12.9. The number of hydrogen-bond acceptors (Lipinski definition) is 4. The van der Waals surface area contributed by atoms with Crippen LogP contribution in [0.2, 0.25) is 0 Å². The highest BCUT2D eigenvalue weighted by Gasteiger charge is 2.16. The summed E-state index contributed by atoms with van der Waals surface area (Å²) >= 11 is 0. The number of allylic oxidation sites excluding steroid dienone is 8. The number of nitrogens with zero attached hydrogens (tertiary/aromatic N) is 2. The van der Waals surface area contributed by atoms with Crippen LogP contribution < -0.4 is 0 Å². The Morgan fingerprint density at radius 2 is 0.647 bits per heavy atom. The fraction of sp³-hybridized carbons (Fsp3) is 0.467. The largest absolute Gasteiger partial charge is 0.378 e. The zero-order chi connectivity index (χ0) is 23.3. The molecule has 4 aliphatic carbocycles. The summed E-state index contributed by atoms with van der Waals surface area (Å²) in [4.78, 5) is 5.04. The topological polar surface area (TPSA) is 24.9 Å². The van der Waals surface area contributed by atoms with Gasteiger partial charge >= 0.3 is 0 Å². The minimum atomic E-state index is 0.520. The van der Waals surface area contributed by atoms with E-state index in [1.807, 2.05) is 0 Å². The molecule has 0 heterocycles. The summed E-state index contributed by atoms with van der Waals surface area (Å²) < 4.78 is 11.9. The van der Waals surface area contributed by atoms with Crippen LogP contribution in [0, 0.1) is 23.7 Å². The van der Waals surface area contributed by atoms with Crippen LogP contribution in [0.5, 0.6) is 0 Å². The maximum atomic E-state index is 5.93. The monoisotopic (exact) mass is 460 g/mol. The van der Waals surface area contributed by atoms with Crippen LogP contribution in [0.1, 0.15) is 0 Å². The van der Waals surface area contributed by atoms with E-state index >= 15 is 0 Å². The van der Waals surface area contributed by atoms with Crippen molar-refractivity contribution in [3.8, 4) is 0 Å². The summed E-state index contributed by atoms with van der Waals surface area (Å²) in [5.74, 6) is 2.08. The van der Waals surface area contributed by atoms with E-state index in [0.717, 1.165) is 52.5 Å². The molecule has 0 fully saturated rings. The van der Waals surface area contributed by atoms with E-state index in [4.69, 9.17) is 9.47 Å². The Balaban J connectivity index is 1.08. The highest BCUT2D eigenvalue weighted by molar-refractivity contribution is 5.21. The number of ether oxygens (including phenoxy) is 2. The van der Waals surface area contributed by atoms with Gasteiger partial charge in [-0.15, -0.1) is 0 Å². The van der Waals surface area contributed by atoms with Crippen LogP contribution in [0.3, 0.4) is 0 Å². The van der Waals surface area contributed by atoms with Crippen molar-refractivity contribution >= 4 is 0 Å². The smallest absolute Gasteiger partial charge is 0.0701 e. The van der Waals surface area contributed by atoms with Crippen molar-refractivity contribution in [1.29, 1.82) is 0 Å². The number of hydrogen-bond donors (Lipinski definition) is 0. The molecule has 0 unspecified atom stereocenters. The second kappa shape index (κ2) is 14.2. The van der Waals surface area contributed by atoms with Gasteiger partial charge in [0.15, 0.2) is 0 Å². The van der Waals surface area contributed by atoms with Gasteiger partial charge in [0, 0.05) is 62.9 Å². The van der Waals surface area contributed by atoms with Crippen LogP contribution in [0.25, 0.3) is 0 Å². The van der Waals surface area contributed by atoms with Crippen molar-refractivity contribution in [2.45, 2.75) is 0 Å². The van der Waals surface area contributed by atoms with Gasteiger partial charge in [-0.25, -0.2) is 0 Å². The second-order valence-corrected chi connectivity index (χ2v) is 9.48. The molecule has 0 saturated heterocycles. The van der Waals surface area contributed by atoms with Crippen LogP contribution in [0.15, 0.2) is 97.2 Å². The quantitative estimate of drug-likeness (QED) is 0.296. The van der Waals surface area contributed by atoms with E-state index in [1.165, 1.54) is 0 Å². The summed E-state index contributed by atoms with van der Waals surface area (Å²) in [6.45, 7) is 8.92. The molecule has 0 spiro atoms. The van der Waals surface area contributed by atoms with Crippen molar-refractivity contribution in [1.82, 2.24) is 9.80 Å². The molecule has 0 aliphatic heterocycles. The zero-order valence-electron chi connectivity index (χ0n) is 20.3. The Labute approximate surface area is 206 Å². The third kappa shape index (κ3) is 8.84. The van der Waals surface area contributed by atoms with Gasteiger partial charge in [0.2, 0.25) is 0 Å². The average Bonchev–Trinajstić information content (AvgIpc) is 3.65. The van der Waals surface area contributed by atoms with E-state index in [9.17, 15) is 0 Å². The van der Waals surface area contributed by atoms with E-state index in [-0.39, 0.29) is 0 Å². The van der Waals surface area contributed by atoms with Gasteiger partial charge in [-0.05, 0) is 0 Å². The van der Waals surface area contributed by atoms with Gasteiger partial charge in [-0.2, -0.15) is 0 Å². The third-order valence-electron chi connectivity index (χ3n) is 6.66. The predicted octanol–water partition coefficient (Wildman–Crippen LogP) is 4.59. The van der Waals surface area contributed by atoms with Gasteiger partial charge in [0.05, 0.1) is 26.4 Å².